The number of hydrogen-bond donors (Lipinski definition) is 0. The highest BCUT2D eigenvalue weighted by atomic mass is 35.5. The Balaban J connectivity index is 1.24. The molecular weight excluding hydrogens is 362 g/mol. The number of fused-ring (bicyclic) bond motifs is 1. The number of para-hydroxylation sites is 1. The van der Waals surface area contributed by atoms with E-state index in [1.165, 1.54) is 5.56 Å². The largest absolute Gasteiger partial charge is 0.492 e. The number of likely N-dealkylation sites (tertiary alicyclic amines) is 1. The van der Waals surface area contributed by atoms with Crippen molar-refractivity contribution in [3.63, 3.8) is 0 Å². The predicted octanol–water partition coefficient (Wildman–Crippen LogP) is 3.42. The number of benzene rings is 1. The normalized spacial score (nSPS) is 17.7. The van der Waals surface area contributed by atoms with Crippen molar-refractivity contribution in [2.75, 3.05) is 37.7 Å². The lowest BCUT2D eigenvalue weighted by molar-refractivity contribution is -0.120. The van der Waals surface area contributed by atoms with Crippen molar-refractivity contribution >= 4 is 23.2 Å². The third-order valence-electron chi connectivity index (χ3n) is 5.46. The van der Waals surface area contributed by atoms with Crippen molar-refractivity contribution in [2.45, 2.75) is 19.3 Å². The molecule has 6 heteroatoms. The van der Waals surface area contributed by atoms with E-state index < -0.39 is 0 Å². The van der Waals surface area contributed by atoms with Crippen LogP contribution in [0, 0.1) is 5.92 Å². The van der Waals surface area contributed by atoms with Crippen LogP contribution in [0.1, 0.15) is 18.4 Å². The van der Waals surface area contributed by atoms with Crippen molar-refractivity contribution in [3.05, 3.63) is 53.3 Å². The van der Waals surface area contributed by atoms with Gasteiger partial charge < -0.3 is 9.64 Å². The lowest BCUT2D eigenvalue weighted by atomic mass is 9.98. The molecule has 0 atom stereocenters. The molecule has 1 fully saturated rings. The summed E-state index contributed by atoms with van der Waals surface area (Å²) in [6.45, 7) is 3.82. The first kappa shape index (κ1) is 18.3. The second kappa shape index (κ2) is 8.28. The van der Waals surface area contributed by atoms with Crippen LogP contribution in [-0.2, 0) is 11.2 Å². The van der Waals surface area contributed by atoms with Crippen LogP contribution in [0.5, 0.6) is 5.75 Å². The number of anilines is 1. The van der Waals surface area contributed by atoms with Gasteiger partial charge in [-0.05, 0) is 49.9 Å². The number of piperidine rings is 1. The van der Waals surface area contributed by atoms with Gasteiger partial charge in [0.15, 0.2) is 0 Å². The van der Waals surface area contributed by atoms with E-state index in [-0.39, 0.29) is 5.91 Å². The zero-order valence-electron chi connectivity index (χ0n) is 15.3. The van der Waals surface area contributed by atoms with E-state index in [9.17, 15) is 4.79 Å². The summed E-state index contributed by atoms with van der Waals surface area (Å²) in [6, 6.07) is 10.0. The number of hydrogen-bond acceptors (Lipinski definition) is 4. The Morgan fingerprint density at radius 3 is 2.81 bits per heavy atom. The van der Waals surface area contributed by atoms with Crippen LogP contribution >= 0.6 is 11.6 Å². The number of halogens is 1. The fourth-order valence-electron chi connectivity index (χ4n) is 3.87. The molecule has 27 heavy (non-hydrogen) atoms. The van der Waals surface area contributed by atoms with Crippen LogP contribution in [0.3, 0.4) is 0 Å². The fraction of sp³-hybridized carbons (Fsp3) is 0.429. The minimum absolute atomic E-state index is 0.207. The van der Waals surface area contributed by atoms with Crippen molar-refractivity contribution < 1.29 is 9.53 Å². The number of ether oxygens (including phenoxy) is 1. The van der Waals surface area contributed by atoms with Gasteiger partial charge in [0.2, 0.25) is 5.91 Å². The molecule has 0 unspecified atom stereocenters. The smallest absolute Gasteiger partial charge is 0.241 e. The summed E-state index contributed by atoms with van der Waals surface area (Å²) in [4.78, 5) is 20.9. The molecular formula is C21H24ClN3O2. The van der Waals surface area contributed by atoms with Gasteiger partial charge in [0.05, 0.1) is 13.2 Å². The Labute approximate surface area is 164 Å². The monoisotopic (exact) mass is 385 g/mol. The molecule has 3 heterocycles. The molecule has 2 aliphatic rings. The SMILES string of the molecule is O=C(CN1CCC(COc2ccncc2Cl)CC1)N1CCc2ccccc21. The molecule has 5 nitrogen and oxygen atoms in total. The summed E-state index contributed by atoms with van der Waals surface area (Å²) in [6.07, 6.45) is 6.31. The molecule has 0 spiro atoms. The maximum Gasteiger partial charge on any atom is 0.241 e. The predicted molar refractivity (Wildman–Crippen MR) is 106 cm³/mol. The molecule has 0 bridgehead atoms. The van der Waals surface area contributed by atoms with Crippen LogP contribution in [0.15, 0.2) is 42.7 Å². The van der Waals surface area contributed by atoms with Crippen LogP contribution in [-0.4, -0.2) is 48.6 Å². The molecule has 2 aromatic rings. The van der Waals surface area contributed by atoms with Crippen molar-refractivity contribution in [2.24, 2.45) is 5.92 Å². The Morgan fingerprint density at radius 2 is 2.00 bits per heavy atom. The third-order valence-corrected chi connectivity index (χ3v) is 5.75. The van der Waals surface area contributed by atoms with Crippen molar-refractivity contribution in [1.29, 1.82) is 0 Å². The summed E-state index contributed by atoms with van der Waals surface area (Å²) >= 11 is 6.08. The first-order chi connectivity index (χ1) is 13.2. The molecule has 1 amide bonds. The van der Waals surface area contributed by atoms with Crippen LogP contribution in [0.4, 0.5) is 5.69 Å². The lowest BCUT2D eigenvalue weighted by Gasteiger charge is -2.32. The molecule has 0 radical (unpaired) electrons. The Hall–Kier alpha value is -2.11. The van der Waals surface area contributed by atoms with Gasteiger partial charge >= 0.3 is 0 Å². The lowest BCUT2D eigenvalue weighted by Crippen LogP contribution is -2.43. The summed E-state index contributed by atoms with van der Waals surface area (Å²) < 4.78 is 5.85. The first-order valence-corrected chi connectivity index (χ1v) is 9.91. The highest BCUT2D eigenvalue weighted by molar-refractivity contribution is 6.31. The molecule has 2 aliphatic heterocycles. The van der Waals surface area contributed by atoms with E-state index in [1.54, 1.807) is 18.5 Å². The minimum atomic E-state index is 0.207. The number of nitrogens with zero attached hydrogens (tertiary/aromatic N) is 3. The summed E-state index contributed by atoms with van der Waals surface area (Å²) in [5, 5.41) is 0.548. The van der Waals surface area contributed by atoms with E-state index in [4.69, 9.17) is 16.3 Å². The van der Waals surface area contributed by atoms with E-state index in [1.807, 2.05) is 23.1 Å². The molecule has 4 rings (SSSR count). The van der Waals surface area contributed by atoms with Crippen LogP contribution < -0.4 is 9.64 Å². The molecule has 142 valence electrons. The maximum absolute atomic E-state index is 12.7. The van der Waals surface area contributed by atoms with Gasteiger partial charge in [-0.15, -0.1) is 0 Å². The third kappa shape index (κ3) is 4.25. The summed E-state index contributed by atoms with van der Waals surface area (Å²) in [7, 11) is 0. The van der Waals surface area contributed by atoms with E-state index in [0.29, 0.717) is 29.8 Å². The molecule has 0 N–H and O–H groups in total. The Morgan fingerprint density at radius 1 is 1.19 bits per heavy atom. The Bertz CT molecular complexity index is 806. The van der Waals surface area contributed by atoms with E-state index >= 15 is 0 Å². The van der Waals surface area contributed by atoms with Gasteiger partial charge in [0, 0.05) is 30.7 Å². The van der Waals surface area contributed by atoms with Crippen LogP contribution in [0.25, 0.3) is 0 Å². The summed E-state index contributed by atoms with van der Waals surface area (Å²) in [5.41, 5.74) is 2.36. The molecule has 1 aromatic carbocycles. The summed E-state index contributed by atoms with van der Waals surface area (Å²) in [5.74, 6) is 1.39. The molecule has 0 aliphatic carbocycles. The molecule has 1 saturated heterocycles. The number of carbonyl (C=O) groups is 1. The van der Waals surface area contributed by atoms with Gasteiger partial charge in [-0.2, -0.15) is 0 Å². The first-order valence-electron chi connectivity index (χ1n) is 9.53. The number of pyridine rings is 1. The highest BCUT2D eigenvalue weighted by Crippen LogP contribution is 2.28. The topological polar surface area (TPSA) is 45.7 Å². The van der Waals surface area contributed by atoms with Gasteiger partial charge in [0.25, 0.3) is 0 Å². The molecule has 0 saturated carbocycles. The molecule has 1 aromatic heterocycles. The average molecular weight is 386 g/mol. The van der Waals surface area contributed by atoms with Gasteiger partial charge in [-0.1, -0.05) is 29.8 Å². The maximum atomic E-state index is 12.7. The second-order valence-electron chi connectivity index (χ2n) is 7.26. The zero-order chi connectivity index (χ0) is 18.6. The number of rotatable bonds is 5. The fourth-order valence-corrected chi connectivity index (χ4v) is 4.05. The van der Waals surface area contributed by atoms with Gasteiger partial charge in [0.1, 0.15) is 10.8 Å². The van der Waals surface area contributed by atoms with E-state index in [2.05, 4.69) is 16.0 Å². The standard InChI is InChI=1S/C21H24ClN3O2/c22-18-13-23-9-5-20(18)27-15-16-6-10-24(11-7-16)14-21(26)25-12-8-17-3-1-2-4-19(17)25/h1-5,9,13,16H,6-8,10-12,14-15H2. The number of amides is 1. The minimum Gasteiger partial charge on any atom is -0.492 e. The average Bonchev–Trinajstić information content (AvgIpc) is 3.13. The number of aromatic nitrogens is 1. The van der Waals surface area contributed by atoms with Gasteiger partial charge in [-0.3, -0.25) is 14.7 Å². The Kier molecular flexibility index (Phi) is 5.60. The van der Waals surface area contributed by atoms with Crippen molar-refractivity contribution in [3.8, 4) is 5.75 Å². The van der Waals surface area contributed by atoms with Gasteiger partial charge in [-0.25, -0.2) is 0 Å². The number of carbonyl (C=O) groups excluding carboxylic acids is 1. The van der Waals surface area contributed by atoms with Crippen molar-refractivity contribution in [1.82, 2.24) is 9.88 Å². The van der Waals surface area contributed by atoms with Crippen LogP contribution in [0.2, 0.25) is 5.02 Å². The van der Waals surface area contributed by atoms with E-state index in [0.717, 1.165) is 44.6 Å². The zero-order valence-corrected chi connectivity index (χ0v) is 16.1. The quantitative estimate of drug-likeness (QED) is 0.791. The highest BCUT2D eigenvalue weighted by Gasteiger charge is 2.27. The second-order valence-corrected chi connectivity index (χ2v) is 7.67.